The molecule has 0 saturated carbocycles. The van der Waals surface area contributed by atoms with Gasteiger partial charge in [-0.25, -0.2) is 0 Å². The van der Waals surface area contributed by atoms with E-state index in [1.165, 1.54) is 11.3 Å². The highest BCUT2D eigenvalue weighted by molar-refractivity contribution is 5.56. The molecule has 0 radical (unpaired) electrons. The van der Waals surface area contributed by atoms with Crippen molar-refractivity contribution in [1.82, 2.24) is 9.78 Å². The maximum absolute atomic E-state index is 4.47. The van der Waals surface area contributed by atoms with Gasteiger partial charge in [0.25, 0.3) is 0 Å². The first-order valence-electron chi connectivity index (χ1n) is 4.30. The molecule has 0 aromatic carbocycles. The van der Waals surface area contributed by atoms with Gasteiger partial charge in [0.2, 0.25) is 0 Å². The molecule has 0 atom stereocenters. The first-order valence-corrected chi connectivity index (χ1v) is 4.30. The highest BCUT2D eigenvalue weighted by Gasteiger charge is 2.27. The lowest BCUT2D eigenvalue weighted by Crippen LogP contribution is -2.20. The van der Waals surface area contributed by atoms with Crippen molar-refractivity contribution in [3.8, 4) is 0 Å². The van der Waals surface area contributed by atoms with Gasteiger partial charge in [0.05, 0.1) is 5.69 Å². The zero-order valence-electron chi connectivity index (χ0n) is 7.83. The monoisotopic (exact) mass is 162 g/mol. The summed E-state index contributed by atoms with van der Waals surface area (Å²) in [5.74, 6) is 0. The number of aryl methyl sites for hydroxylation is 1. The summed E-state index contributed by atoms with van der Waals surface area (Å²) in [6.45, 7) is 4.48. The minimum absolute atomic E-state index is 0.214. The summed E-state index contributed by atoms with van der Waals surface area (Å²) in [4.78, 5) is 0. The molecule has 0 spiro atoms. The number of aromatic nitrogens is 2. The van der Waals surface area contributed by atoms with E-state index < -0.39 is 0 Å². The van der Waals surface area contributed by atoms with E-state index in [0.29, 0.717) is 0 Å². The van der Waals surface area contributed by atoms with E-state index in [1.807, 2.05) is 11.7 Å². The van der Waals surface area contributed by atoms with Crippen molar-refractivity contribution < 1.29 is 0 Å². The smallest absolute Gasteiger partial charge is 0.0755 e. The van der Waals surface area contributed by atoms with Crippen LogP contribution in [-0.2, 0) is 12.5 Å². The van der Waals surface area contributed by atoms with E-state index in [4.69, 9.17) is 0 Å². The molecule has 0 amide bonds. The van der Waals surface area contributed by atoms with Gasteiger partial charge in [-0.15, -0.1) is 0 Å². The minimum atomic E-state index is 0.214. The normalized spacial score (nSPS) is 19.2. The molecule has 0 fully saturated rings. The Morgan fingerprint density at radius 2 is 2.25 bits per heavy atom. The van der Waals surface area contributed by atoms with Gasteiger partial charge < -0.3 is 0 Å². The molecule has 0 saturated heterocycles. The average Bonchev–Trinajstić information content (AvgIpc) is 2.30. The third-order valence-corrected chi connectivity index (χ3v) is 2.42. The number of nitrogens with zero attached hydrogens (tertiary/aromatic N) is 2. The summed E-state index contributed by atoms with van der Waals surface area (Å²) < 4.78 is 1.89. The molecule has 1 aromatic heterocycles. The lowest BCUT2D eigenvalue weighted by molar-refractivity contribution is 0.502. The van der Waals surface area contributed by atoms with Crippen molar-refractivity contribution >= 4 is 6.08 Å². The van der Waals surface area contributed by atoms with Gasteiger partial charge >= 0.3 is 0 Å². The topological polar surface area (TPSA) is 17.8 Å². The predicted octanol–water partition coefficient (Wildman–Crippen LogP) is 2.11. The fraction of sp³-hybridized carbons (Fsp3) is 0.500. The summed E-state index contributed by atoms with van der Waals surface area (Å²) in [6, 6.07) is 0. The van der Waals surface area contributed by atoms with Gasteiger partial charge in [-0.05, 0) is 6.42 Å². The maximum Gasteiger partial charge on any atom is 0.0755 e. The van der Waals surface area contributed by atoms with Crippen molar-refractivity contribution in [2.24, 2.45) is 7.05 Å². The van der Waals surface area contributed by atoms with Gasteiger partial charge in [0, 0.05) is 24.2 Å². The molecular formula is C10H14N2. The molecule has 1 aliphatic carbocycles. The third-order valence-electron chi connectivity index (χ3n) is 2.42. The summed E-state index contributed by atoms with van der Waals surface area (Å²) in [5, 5.41) is 4.47. The van der Waals surface area contributed by atoms with Crippen LogP contribution in [0, 0.1) is 0 Å². The lowest BCUT2D eigenvalue weighted by atomic mass is 9.80. The molecule has 2 rings (SSSR count). The second-order valence-electron chi connectivity index (χ2n) is 4.10. The van der Waals surface area contributed by atoms with Crippen molar-refractivity contribution in [1.29, 1.82) is 0 Å². The molecule has 2 nitrogen and oxygen atoms in total. The largest absolute Gasteiger partial charge is 0.275 e. The Morgan fingerprint density at radius 1 is 1.50 bits per heavy atom. The molecule has 2 heteroatoms. The summed E-state index contributed by atoms with van der Waals surface area (Å²) in [6.07, 6.45) is 7.56. The van der Waals surface area contributed by atoms with Crippen LogP contribution < -0.4 is 0 Å². The quantitative estimate of drug-likeness (QED) is 0.571. The highest BCUT2D eigenvalue weighted by Crippen LogP contribution is 2.33. The number of hydrogen-bond acceptors (Lipinski definition) is 1. The average molecular weight is 162 g/mol. The van der Waals surface area contributed by atoms with Crippen LogP contribution in [0.3, 0.4) is 0 Å². The Labute approximate surface area is 72.9 Å². The Morgan fingerprint density at radius 3 is 2.92 bits per heavy atom. The van der Waals surface area contributed by atoms with E-state index >= 15 is 0 Å². The van der Waals surface area contributed by atoms with E-state index in [0.717, 1.165) is 6.42 Å². The summed E-state index contributed by atoms with van der Waals surface area (Å²) >= 11 is 0. The molecular weight excluding hydrogens is 148 g/mol. The van der Waals surface area contributed by atoms with Crippen LogP contribution in [-0.4, -0.2) is 9.78 Å². The van der Waals surface area contributed by atoms with Crippen LogP contribution >= 0.6 is 0 Å². The lowest BCUT2D eigenvalue weighted by Gasteiger charge is -2.24. The maximum atomic E-state index is 4.47. The SMILES string of the molecule is Cn1cc2c(n1)C(C)(C)CC=C2. The second kappa shape index (κ2) is 2.22. The van der Waals surface area contributed by atoms with Gasteiger partial charge in [0.1, 0.15) is 0 Å². The molecule has 1 aliphatic rings. The number of allylic oxidation sites excluding steroid dienone is 1. The number of rotatable bonds is 0. The van der Waals surface area contributed by atoms with Gasteiger partial charge in [-0.3, -0.25) is 4.68 Å². The van der Waals surface area contributed by atoms with Crippen LogP contribution in [0.4, 0.5) is 0 Å². The Kier molecular flexibility index (Phi) is 1.40. The van der Waals surface area contributed by atoms with E-state index in [9.17, 15) is 0 Å². The van der Waals surface area contributed by atoms with E-state index in [2.05, 4.69) is 37.3 Å². The number of fused-ring (bicyclic) bond motifs is 1. The zero-order valence-corrected chi connectivity index (χ0v) is 7.83. The Bertz CT molecular complexity index is 332. The second-order valence-corrected chi connectivity index (χ2v) is 4.10. The molecule has 0 unspecified atom stereocenters. The van der Waals surface area contributed by atoms with Crippen LogP contribution in [0.1, 0.15) is 31.5 Å². The Balaban J connectivity index is 2.59. The van der Waals surface area contributed by atoms with Gasteiger partial charge in [0.15, 0.2) is 0 Å². The third kappa shape index (κ3) is 0.986. The fourth-order valence-electron chi connectivity index (χ4n) is 1.73. The van der Waals surface area contributed by atoms with E-state index in [-0.39, 0.29) is 5.41 Å². The van der Waals surface area contributed by atoms with E-state index in [1.54, 1.807) is 0 Å². The first-order chi connectivity index (χ1) is 5.59. The molecule has 0 bridgehead atoms. The molecule has 0 N–H and O–H groups in total. The molecule has 64 valence electrons. The zero-order chi connectivity index (χ0) is 8.77. The number of hydrogen-bond donors (Lipinski definition) is 0. The Hall–Kier alpha value is -1.05. The van der Waals surface area contributed by atoms with Crippen LogP contribution in [0.5, 0.6) is 0 Å². The van der Waals surface area contributed by atoms with Crippen molar-refractivity contribution in [3.05, 3.63) is 23.5 Å². The van der Waals surface area contributed by atoms with Gasteiger partial charge in [-0.2, -0.15) is 5.10 Å². The van der Waals surface area contributed by atoms with Crippen LogP contribution in [0.2, 0.25) is 0 Å². The predicted molar refractivity (Wildman–Crippen MR) is 49.9 cm³/mol. The highest BCUT2D eigenvalue weighted by atomic mass is 15.3. The minimum Gasteiger partial charge on any atom is -0.275 e. The standard InChI is InChI=1S/C10H14N2/c1-10(2)6-4-5-8-7-12(3)11-9(8)10/h4-5,7H,6H2,1-3H3. The summed E-state index contributed by atoms with van der Waals surface area (Å²) in [5.41, 5.74) is 2.71. The van der Waals surface area contributed by atoms with Crippen LogP contribution in [0.15, 0.2) is 12.3 Å². The van der Waals surface area contributed by atoms with Crippen molar-refractivity contribution in [3.63, 3.8) is 0 Å². The van der Waals surface area contributed by atoms with Crippen molar-refractivity contribution in [2.75, 3.05) is 0 Å². The molecule has 1 heterocycles. The van der Waals surface area contributed by atoms with Gasteiger partial charge in [-0.1, -0.05) is 26.0 Å². The van der Waals surface area contributed by atoms with Crippen molar-refractivity contribution in [2.45, 2.75) is 25.7 Å². The first kappa shape index (κ1) is 7.59. The molecule has 0 aliphatic heterocycles. The summed E-state index contributed by atoms with van der Waals surface area (Å²) in [7, 11) is 1.97. The molecule has 12 heavy (non-hydrogen) atoms. The fourth-order valence-corrected chi connectivity index (χ4v) is 1.73. The van der Waals surface area contributed by atoms with Crippen LogP contribution in [0.25, 0.3) is 6.08 Å². The molecule has 1 aromatic rings.